The lowest BCUT2D eigenvalue weighted by Crippen LogP contribution is -2.39. The van der Waals surface area contributed by atoms with E-state index >= 15 is 0 Å². The van der Waals surface area contributed by atoms with Crippen molar-refractivity contribution in [1.29, 1.82) is 0 Å². The van der Waals surface area contributed by atoms with Crippen LogP contribution in [0.1, 0.15) is 25.1 Å². The Hall–Kier alpha value is -3.55. The van der Waals surface area contributed by atoms with Crippen LogP contribution in [-0.2, 0) is 22.6 Å². The Kier molecular flexibility index (Phi) is 5.56. The first-order valence-electron chi connectivity index (χ1n) is 10.0. The maximum atomic E-state index is 11.3. The topological polar surface area (TPSA) is 108 Å². The van der Waals surface area contributed by atoms with Crippen molar-refractivity contribution in [1.82, 2.24) is 9.55 Å². The molecular formula is C22H24N4O4. The van der Waals surface area contributed by atoms with E-state index in [-0.39, 0.29) is 19.3 Å². The van der Waals surface area contributed by atoms with E-state index in [2.05, 4.69) is 10.3 Å². The summed E-state index contributed by atoms with van der Waals surface area (Å²) in [5, 5.41) is 22.0. The average Bonchev–Trinajstić information content (AvgIpc) is 3.23. The summed E-state index contributed by atoms with van der Waals surface area (Å²) < 4.78 is 1.76. The summed E-state index contributed by atoms with van der Waals surface area (Å²) in [6.07, 6.45) is 3.06. The smallest absolute Gasteiger partial charge is 0.323 e. The molecule has 1 atom stereocenters. The number of imidazole rings is 1. The van der Waals surface area contributed by atoms with Gasteiger partial charge in [-0.25, -0.2) is 4.98 Å². The molecule has 0 unspecified atom stereocenters. The zero-order chi connectivity index (χ0) is 21.1. The van der Waals surface area contributed by atoms with Gasteiger partial charge in [0.15, 0.2) is 0 Å². The van der Waals surface area contributed by atoms with Crippen molar-refractivity contribution in [3.8, 4) is 0 Å². The number of nitrogens with one attached hydrogen (secondary N) is 1. The molecule has 0 bridgehead atoms. The second-order valence-corrected chi connectivity index (χ2v) is 7.44. The van der Waals surface area contributed by atoms with Crippen molar-refractivity contribution in [2.75, 3.05) is 16.8 Å². The van der Waals surface area contributed by atoms with Crippen LogP contribution in [0.2, 0.25) is 0 Å². The van der Waals surface area contributed by atoms with Crippen LogP contribution in [0.4, 0.5) is 11.4 Å². The molecule has 30 heavy (non-hydrogen) atoms. The highest BCUT2D eigenvalue weighted by atomic mass is 16.4. The number of unbranched alkanes of at least 4 members (excludes halogenated alkanes) is 1. The minimum Gasteiger partial charge on any atom is -0.480 e. The van der Waals surface area contributed by atoms with Gasteiger partial charge in [0.1, 0.15) is 18.9 Å². The van der Waals surface area contributed by atoms with E-state index in [4.69, 9.17) is 0 Å². The largest absolute Gasteiger partial charge is 0.480 e. The molecule has 0 spiro atoms. The van der Waals surface area contributed by atoms with Crippen LogP contribution < -0.4 is 10.2 Å². The number of anilines is 2. The lowest BCUT2D eigenvalue weighted by Gasteiger charge is -2.25. The molecule has 1 aliphatic heterocycles. The van der Waals surface area contributed by atoms with Gasteiger partial charge in [-0.05, 0) is 43.5 Å². The Morgan fingerprint density at radius 1 is 0.967 bits per heavy atom. The number of fused-ring (bicyclic) bond motifs is 2. The molecule has 0 saturated carbocycles. The third-order valence-corrected chi connectivity index (χ3v) is 5.37. The third kappa shape index (κ3) is 4.07. The van der Waals surface area contributed by atoms with E-state index in [9.17, 15) is 19.8 Å². The molecule has 3 N–H and O–H groups in total. The lowest BCUT2D eigenvalue weighted by molar-refractivity contribution is -0.138. The number of carbonyl (C=O) groups is 2. The van der Waals surface area contributed by atoms with E-state index in [1.165, 1.54) is 0 Å². The van der Waals surface area contributed by atoms with Crippen molar-refractivity contribution in [2.45, 2.75) is 38.4 Å². The number of nitrogens with zero attached hydrogens (tertiary/aromatic N) is 3. The van der Waals surface area contributed by atoms with E-state index in [1.54, 1.807) is 4.57 Å². The Balaban J connectivity index is 1.40. The second kappa shape index (κ2) is 8.44. The molecule has 2 aromatic carbocycles. The lowest BCUT2D eigenvalue weighted by atomic mass is 10.1. The summed E-state index contributed by atoms with van der Waals surface area (Å²) in [6.45, 7) is -0.162. The zero-order valence-corrected chi connectivity index (χ0v) is 16.5. The van der Waals surface area contributed by atoms with Crippen LogP contribution in [0.5, 0.6) is 0 Å². The summed E-state index contributed by atoms with van der Waals surface area (Å²) in [6, 6.07) is 15.3. The molecule has 0 fully saturated rings. The van der Waals surface area contributed by atoms with Crippen molar-refractivity contribution in [3.05, 3.63) is 54.4 Å². The van der Waals surface area contributed by atoms with Crippen LogP contribution >= 0.6 is 0 Å². The Morgan fingerprint density at radius 3 is 2.50 bits per heavy atom. The van der Waals surface area contributed by atoms with Gasteiger partial charge in [-0.15, -0.1) is 0 Å². The maximum Gasteiger partial charge on any atom is 0.323 e. The minimum atomic E-state index is -0.892. The summed E-state index contributed by atoms with van der Waals surface area (Å²) >= 11 is 0. The van der Waals surface area contributed by atoms with E-state index in [1.807, 2.05) is 53.4 Å². The summed E-state index contributed by atoms with van der Waals surface area (Å²) in [5.41, 5.74) is 3.49. The van der Waals surface area contributed by atoms with Gasteiger partial charge >= 0.3 is 11.9 Å². The molecule has 0 radical (unpaired) electrons. The third-order valence-electron chi connectivity index (χ3n) is 5.37. The second-order valence-electron chi connectivity index (χ2n) is 7.44. The molecule has 1 aromatic heterocycles. The molecule has 0 saturated heterocycles. The molecule has 8 nitrogen and oxygen atoms in total. The highest BCUT2D eigenvalue weighted by Gasteiger charge is 2.29. The number of rotatable bonds is 9. The molecule has 0 aliphatic carbocycles. The van der Waals surface area contributed by atoms with Crippen molar-refractivity contribution in [3.63, 3.8) is 0 Å². The fourth-order valence-corrected chi connectivity index (χ4v) is 4.09. The number of hydrogen-bond donors (Lipinski definition) is 3. The van der Waals surface area contributed by atoms with Gasteiger partial charge < -0.3 is 25.0 Å². The molecule has 156 valence electrons. The highest BCUT2D eigenvalue weighted by Crippen LogP contribution is 2.35. The summed E-state index contributed by atoms with van der Waals surface area (Å²) in [5.74, 6) is -0.985. The predicted octanol–water partition coefficient (Wildman–Crippen LogP) is 3.18. The van der Waals surface area contributed by atoms with Gasteiger partial charge in [-0.3, -0.25) is 9.59 Å². The van der Waals surface area contributed by atoms with Crippen molar-refractivity contribution in [2.24, 2.45) is 0 Å². The van der Waals surface area contributed by atoms with Crippen molar-refractivity contribution < 1.29 is 19.8 Å². The van der Waals surface area contributed by atoms with Gasteiger partial charge in [0.25, 0.3) is 0 Å². The van der Waals surface area contributed by atoms with Crippen LogP contribution in [0.3, 0.4) is 0 Å². The van der Waals surface area contributed by atoms with Crippen LogP contribution in [0.25, 0.3) is 11.0 Å². The number of hydrogen-bond acceptors (Lipinski definition) is 5. The Labute approximate surface area is 173 Å². The molecule has 0 amide bonds. The normalized spacial score (nSPS) is 15.2. The van der Waals surface area contributed by atoms with Gasteiger partial charge in [0.05, 0.1) is 28.6 Å². The number of para-hydroxylation sites is 4. The van der Waals surface area contributed by atoms with Crippen LogP contribution in [-0.4, -0.2) is 44.4 Å². The number of carboxylic acids is 2. The molecule has 8 heteroatoms. The first kappa shape index (κ1) is 19.8. The highest BCUT2D eigenvalue weighted by molar-refractivity contribution is 5.82. The number of benzene rings is 2. The fraction of sp³-hybridized carbons (Fsp3) is 0.318. The fourth-order valence-electron chi connectivity index (χ4n) is 4.09. The zero-order valence-electron chi connectivity index (χ0n) is 16.5. The summed E-state index contributed by atoms with van der Waals surface area (Å²) in [7, 11) is 0. The average molecular weight is 408 g/mol. The number of aromatic nitrogens is 2. The number of aliphatic carboxylic acids is 2. The Morgan fingerprint density at radius 2 is 1.70 bits per heavy atom. The van der Waals surface area contributed by atoms with E-state index < -0.39 is 11.9 Å². The van der Waals surface area contributed by atoms with Gasteiger partial charge in [-0.2, -0.15) is 0 Å². The monoisotopic (exact) mass is 408 g/mol. The molecule has 3 aromatic rings. The van der Waals surface area contributed by atoms with Gasteiger partial charge in [0, 0.05) is 6.42 Å². The quantitative estimate of drug-likeness (QED) is 0.467. The Bertz CT molecular complexity index is 1080. The summed E-state index contributed by atoms with van der Waals surface area (Å²) in [4.78, 5) is 29.1. The van der Waals surface area contributed by atoms with Gasteiger partial charge in [0.2, 0.25) is 0 Å². The van der Waals surface area contributed by atoms with E-state index in [0.717, 1.165) is 47.5 Å². The van der Waals surface area contributed by atoms with Gasteiger partial charge in [-0.1, -0.05) is 24.3 Å². The number of aryl methyl sites for hydroxylation is 1. The predicted molar refractivity (Wildman–Crippen MR) is 114 cm³/mol. The molecule has 2 heterocycles. The number of carboxylic acid groups (broad SMARTS) is 2. The minimum absolute atomic E-state index is 0.0525. The van der Waals surface area contributed by atoms with Crippen molar-refractivity contribution >= 4 is 34.3 Å². The van der Waals surface area contributed by atoms with E-state index in [0.29, 0.717) is 6.42 Å². The first-order valence-corrected chi connectivity index (χ1v) is 10.0. The first-order chi connectivity index (χ1) is 14.5. The standard InChI is InChI=1S/C22H24N4O4/c27-21(28)13-25-17-9-3-1-7-15(17)23-19(25)11-5-6-12-20-24-16-8-2-4-10-18(16)26(20)14-22(29)30/h1-4,7-10,19,23H,5-6,11-14H2,(H,27,28)(H,29,30)/t19-/m1/s1. The van der Waals surface area contributed by atoms with Crippen LogP contribution in [0, 0.1) is 0 Å². The molecular weight excluding hydrogens is 384 g/mol. The SMILES string of the molecule is O=C(O)CN1c2ccccc2N[C@H]1CCCCc1nc2ccccc2n1CC(=O)O. The molecule has 4 rings (SSSR count). The molecule has 1 aliphatic rings. The maximum absolute atomic E-state index is 11.3. The van der Waals surface area contributed by atoms with Crippen LogP contribution in [0.15, 0.2) is 48.5 Å².